The van der Waals surface area contributed by atoms with Crippen molar-refractivity contribution in [2.45, 2.75) is 26.3 Å². The van der Waals surface area contributed by atoms with E-state index in [1.54, 1.807) is 12.1 Å². The van der Waals surface area contributed by atoms with Gasteiger partial charge in [0.15, 0.2) is 5.82 Å². The highest BCUT2D eigenvalue weighted by atomic mass is 35.5. The maximum atomic E-state index is 6.03. The summed E-state index contributed by atoms with van der Waals surface area (Å²) < 4.78 is 7.26. The predicted octanol–water partition coefficient (Wildman–Crippen LogP) is 2.39. The maximum absolute atomic E-state index is 6.03. The van der Waals surface area contributed by atoms with E-state index in [1.165, 1.54) is 0 Å². The minimum Gasteiger partial charge on any atom is -0.398 e. The van der Waals surface area contributed by atoms with Crippen LogP contribution in [0.5, 0.6) is 0 Å². The molecule has 7 heteroatoms. The lowest BCUT2D eigenvalue weighted by Crippen LogP contribution is -2.31. The highest BCUT2D eigenvalue weighted by molar-refractivity contribution is 6.31. The Kier molecular flexibility index (Phi) is 3.82. The largest absolute Gasteiger partial charge is 0.398 e. The number of tetrazole rings is 1. The molecule has 2 N–H and O–H groups in total. The minimum atomic E-state index is 0.142. The number of rotatable bonds is 3. The van der Waals surface area contributed by atoms with Crippen molar-refractivity contribution in [3.63, 3.8) is 0 Å². The maximum Gasteiger partial charge on any atom is 0.184 e. The van der Waals surface area contributed by atoms with Gasteiger partial charge in [-0.05, 0) is 46.9 Å². The molecule has 112 valence electrons. The third-order valence-electron chi connectivity index (χ3n) is 4.02. The van der Waals surface area contributed by atoms with E-state index in [-0.39, 0.29) is 5.41 Å². The molecule has 0 radical (unpaired) electrons. The first-order valence-corrected chi connectivity index (χ1v) is 7.35. The van der Waals surface area contributed by atoms with Crippen LogP contribution in [0.2, 0.25) is 5.02 Å². The van der Waals surface area contributed by atoms with Crippen LogP contribution in [0.15, 0.2) is 18.2 Å². The average Bonchev–Trinajstić information content (AvgIpc) is 2.87. The molecule has 1 fully saturated rings. The van der Waals surface area contributed by atoms with Gasteiger partial charge in [-0.25, -0.2) is 4.68 Å². The molecule has 0 aliphatic carbocycles. The van der Waals surface area contributed by atoms with Gasteiger partial charge in [-0.15, -0.1) is 5.10 Å². The quantitative estimate of drug-likeness (QED) is 0.881. The second-order valence-electron chi connectivity index (χ2n) is 5.81. The summed E-state index contributed by atoms with van der Waals surface area (Å²) in [5.41, 5.74) is 7.56. The van der Waals surface area contributed by atoms with Gasteiger partial charge in [-0.1, -0.05) is 18.5 Å². The standard InChI is InChI=1S/C14H18ClN5O/c1-14(4-6-21-7-5-14)9-20-13(17-18-19-20)11-3-2-10(15)8-12(11)16/h2-3,8H,4-7,9,16H2,1H3. The molecule has 6 nitrogen and oxygen atoms in total. The van der Waals surface area contributed by atoms with Crippen LogP contribution in [0.3, 0.4) is 0 Å². The van der Waals surface area contributed by atoms with E-state index in [2.05, 4.69) is 22.4 Å². The van der Waals surface area contributed by atoms with Gasteiger partial charge in [-0.2, -0.15) is 0 Å². The van der Waals surface area contributed by atoms with E-state index >= 15 is 0 Å². The van der Waals surface area contributed by atoms with Gasteiger partial charge in [0.25, 0.3) is 0 Å². The minimum absolute atomic E-state index is 0.142. The number of benzene rings is 1. The number of aromatic nitrogens is 4. The first kappa shape index (κ1) is 14.3. The lowest BCUT2D eigenvalue weighted by Gasteiger charge is -2.33. The van der Waals surface area contributed by atoms with Gasteiger partial charge >= 0.3 is 0 Å². The Morgan fingerprint density at radius 3 is 2.86 bits per heavy atom. The molecule has 0 spiro atoms. The third kappa shape index (κ3) is 3.01. The SMILES string of the molecule is CC1(Cn2nnnc2-c2ccc(Cl)cc2N)CCOCC1. The number of anilines is 1. The normalized spacial score (nSPS) is 17.8. The molecule has 2 heterocycles. The average molecular weight is 308 g/mol. The van der Waals surface area contributed by atoms with Crippen molar-refractivity contribution in [3.05, 3.63) is 23.2 Å². The van der Waals surface area contributed by atoms with Gasteiger partial charge in [0.1, 0.15) is 0 Å². The van der Waals surface area contributed by atoms with Crippen molar-refractivity contribution in [2.24, 2.45) is 5.41 Å². The van der Waals surface area contributed by atoms with Crippen LogP contribution in [0.25, 0.3) is 11.4 Å². The summed E-state index contributed by atoms with van der Waals surface area (Å²) in [5, 5.41) is 12.6. The van der Waals surface area contributed by atoms with Crippen molar-refractivity contribution < 1.29 is 4.74 Å². The van der Waals surface area contributed by atoms with Crippen LogP contribution in [-0.4, -0.2) is 33.4 Å². The Hall–Kier alpha value is -1.66. The summed E-state index contributed by atoms with van der Waals surface area (Å²) in [6.45, 7) is 4.57. The second kappa shape index (κ2) is 5.61. The van der Waals surface area contributed by atoms with Crippen LogP contribution in [0.1, 0.15) is 19.8 Å². The molecule has 0 saturated carbocycles. The van der Waals surface area contributed by atoms with Crippen molar-refractivity contribution in [1.82, 2.24) is 20.2 Å². The summed E-state index contributed by atoms with van der Waals surface area (Å²) in [4.78, 5) is 0. The van der Waals surface area contributed by atoms with Gasteiger partial charge in [0, 0.05) is 29.5 Å². The Morgan fingerprint density at radius 1 is 1.38 bits per heavy atom. The number of halogens is 1. The van der Waals surface area contributed by atoms with E-state index < -0.39 is 0 Å². The van der Waals surface area contributed by atoms with Crippen molar-refractivity contribution in [2.75, 3.05) is 18.9 Å². The Bertz CT molecular complexity index is 636. The molecule has 0 atom stereocenters. The number of hydrogen-bond donors (Lipinski definition) is 1. The monoisotopic (exact) mass is 307 g/mol. The topological polar surface area (TPSA) is 78.9 Å². The molecule has 21 heavy (non-hydrogen) atoms. The Balaban J connectivity index is 1.90. The summed E-state index contributed by atoms with van der Waals surface area (Å²) in [6, 6.07) is 5.36. The molecule has 2 aromatic rings. The number of hydrogen-bond acceptors (Lipinski definition) is 5. The summed E-state index contributed by atoms with van der Waals surface area (Å²) >= 11 is 5.94. The predicted molar refractivity (Wildman–Crippen MR) is 80.8 cm³/mol. The highest BCUT2D eigenvalue weighted by Gasteiger charge is 2.29. The zero-order valence-corrected chi connectivity index (χ0v) is 12.7. The molecule has 1 aromatic carbocycles. The van der Waals surface area contributed by atoms with Gasteiger partial charge in [0.2, 0.25) is 0 Å². The van der Waals surface area contributed by atoms with Crippen molar-refractivity contribution >= 4 is 17.3 Å². The molecule has 1 aliphatic rings. The van der Waals surface area contributed by atoms with E-state index in [4.69, 9.17) is 22.1 Å². The second-order valence-corrected chi connectivity index (χ2v) is 6.25. The molecular formula is C14H18ClN5O. The fourth-order valence-electron chi connectivity index (χ4n) is 2.63. The van der Waals surface area contributed by atoms with E-state index in [0.29, 0.717) is 16.5 Å². The molecule has 1 saturated heterocycles. The fraction of sp³-hybridized carbons (Fsp3) is 0.500. The zero-order valence-electron chi connectivity index (χ0n) is 11.9. The molecule has 1 aliphatic heterocycles. The smallest absolute Gasteiger partial charge is 0.184 e. The lowest BCUT2D eigenvalue weighted by atomic mass is 9.82. The first-order chi connectivity index (χ1) is 10.1. The number of nitrogen functional groups attached to an aromatic ring is 1. The van der Waals surface area contributed by atoms with Crippen molar-refractivity contribution in [3.8, 4) is 11.4 Å². The van der Waals surface area contributed by atoms with Crippen molar-refractivity contribution in [1.29, 1.82) is 0 Å². The van der Waals surface area contributed by atoms with E-state index in [9.17, 15) is 0 Å². The molecule has 3 rings (SSSR count). The number of nitrogens with zero attached hydrogens (tertiary/aromatic N) is 4. The molecular weight excluding hydrogens is 290 g/mol. The molecule has 0 unspecified atom stereocenters. The van der Waals surface area contributed by atoms with Crippen LogP contribution in [-0.2, 0) is 11.3 Å². The first-order valence-electron chi connectivity index (χ1n) is 6.97. The van der Waals surface area contributed by atoms with Crippen LogP contribution in [0, 0.1) is 5.41 Å². The van der Waals surface area contributed by atoms with E-state index in [1.807, 2.05) is 10.7 Å². The Labute approximate surface area is 128 Å². The van der Waals surface area contributed by atoms with Crippen LogP contribution >= 0.6 is 11.6 Å². The third-order valence-corrected chi connectivity index (χ3v) is 4.25. The van der Waals surface area contributed by atoms with Gasteiger partial charge in [0.05, 0.1) is 6.54 Å². The summed E-state index contributed by atoms with van der Waals surface area (Å²) in [7, 11) is 0. The van der Waals surface area contributed by atoms with Gasteiger partial charge < -0.3 is 10.5 Å². The number of ether oxygens (including phenoxy) is 1. The van der Waals surface area contributed by atoms with Gasteiger partial charge in [-0.3, -0.25) is 0 Å². The number of nitrogens with two attached hydrogens (primary N) is 1. The summed E-state index contributed by atoms with van der Waals surface area (Å²) in [5.74, 6) is 0.678. The van der Waals surface area contributed by atoms with Crippen LogP contribution in [0.4, 0.5) is 5.69 Å². The lowest BCUT2D eigenvalue weighted by molar-refractivity contribution is 0.0138. The molecule has 0 bridgehead atoms. The molecule has 0 amide bonds. The van der Waals surface area contributed by atoms with Crippen LogP contribution < -0.4 is 5.73 Å². The molecule has 1 aromatic heterocycles. The highest BCUT2D eigenvalue weighted by Crippen LogP contribution is 2.33. The Morgan fingerprint density at radius 2 is 2.14 bits per heavy atom. The summed E-state index contributed by atoms with van der Waals surface area (Å²) in [6.07, 6.45) is 2.00. The fourth-order valence-corrected chi connectivity index (χ4v) is 2.81. The van der Waals surface area contributed by atoms with E-state index in [0.717, 1.165) is 38.2 Å². The zero-order chi connectivity index (χ0) is 14.9.